The molecule has 2 aromatic rings. The molecule has 0 fully saturated rings. The van der Waals surface area contributed by atoms with Crippen LogP contribution in [-0.4, -0.2) is 25.1 Å². The van der Waals surface area contributed by atoms with E-state index in [0.29, 0.717) is 27.5 Å². The summed E-state index contributed by atoms with van der Waals surface area (Å²) in [6.07, 6.45) is -1.27. The van der Waals surface area contributed by atoms with Gasteiger partial charge in [-0.05, 0) is 36.2 Å². The lowest BCUT2D eigenvalue weighted by molar-refractivity contribution is 0.0746. The molecule has 5 heteroatoms. The van der Waals surface area contributed by atoms with Gasteiger partial charge in [0.05, 0.1) is 14.2 Å². The zero-order chi connectivity index (χ0) is 16.3. The minimum absolute atomic E-state index is 0.392. The van der Waals surface area contributed by atoms with Gasteiger partial charge in [0.1, 0.15) is 17.6 Å². The molecule has 2 aromatic carbocycles. The van der Waals surface area contributed by atoms with E-state index in [-0.39, 0.29) is 0 Å². The number of thiol groups is 1. The molecule has 116 valence electrons. The average Bonchev–Trinajstić information content (AvgIpc) is 2.54. The van der Waals surface area contributed by atoms with Crippen LogP contribution in [0.5, 0.6) is 11.5 Å². The molecule has 0 saturated carbocycles. The van der Waals surface area contributed by atoms with Gasteiger partial charge in [-0.1, -0.05) is 18.2 Å². The van der Waals surface area contributed by atoms with E-state index in [1.54, 1.807) is 43.5 Å². The summed E-state index contributed by atoms with van der Waals surface area (Å²) in [6, 6.07) is 10.0. The van der Waals surface area contributed by atoms with Gasteiger partial charge in [0.2, 0.25) is 0 Å². The smallest absolute Gasteiger partial charge is 0.195 e. The fourth-order valence-electron chi connectivity index (χ4n) is 2.15. The summed E-state index contributed by atoms with van der Waals surface area (Å²) in [5, 5.41) is 10.3. The Hall–Kier alpha value is -1.98. The largest absolute Gasteiger partial charge is 0.496 e. The molecule has 0 saturated heterocycles. The lowest BCUT2D eigenvalue weighted by Gasteiger charge is -2.13. The molecule has 1 unspecified atom stereocenters. The van der Waals surface area contributed by atoms with Gasteiger partial charge >= 0.3 is 0 Å². The highest BCUT2D eigenvalue weighted by Crippen LogP contribution is 2.29. The van der Waals surface area contributed by atoms with Crippen LogP contribution in [0.4, 0.5) is 0 Å². The van der Waals surface area contributed by atoms with Crippen LogP contribution < -0.4 is 9.47 Å². The van der Waals surface area contributed by atoms with E-state index in [1.807, 2.05) is 6.92 Å². The lowest BCUT2D eigenvalue weighted by Crippen LogP contribution is -2.12. The Morgan fingerprint density at radius 1 is 1.09 bits per heavy atom. The number of aliphatic hydroxyl groups is 1. The van der Waals surface area contributed by atoms with Gasteiger partial charge in [0.25, 0.3) is 0 Å². The van der Waals surface area contributed by atoms with Crippen molar-refractivity contribution < 1.29 is 19.4 Å². The number of ether oxygens (including phenoxy) is 2. The molecule has 0 heterocycles. The standard InChI is InChI=1S/C17H18O4S/c1-10-4-5-11(8-13(10)20-2)16(18)17(19)12-6-7-15(22)14(9-12)21-3/h4-9,17,19,22H,1-3H3. The number of methoxy groups -OCH3 is 2. The summed E-state index contributed by atoms with van der Waals surface area (Å²) in [5.74, 6) is 0.725. The maximum Gasteiger partial charge on any atom is 0.195 e. The Bertz CT molecular complexity index is 697. The van der Waals surface area contributed by atoms with E-state index < -0.39 is 11.9 Å². The molecule has 22 heavy (non-hydrogen) atoms. The molecule has 1 N–H and O–H groups in total. The Labute approximate surface area is 135 Å². The van der Waals surface area contributed by atoms with Crippen LogP contribution in [-0.2, 0) is 0 Å². The highest BCUT2D eigenvalue weighted by Gasteiger charge is 2.21. The van der Waals surface area contributed by atoms with Crippen LogP contribution >= 0.6 is 12.6 Å². The predicted octanol–water partition coefficient (Wildman–Crippen LogP) is 3.22. The Kier molecular flexibility index (Phi) is 5.11. The summed E-state index contributed by atoms with van der Waals surface area (Å²) in [7, 11) is 3.06. The van der Waals surface area contributed by atoms with E-state index in [4.69, 9.17) is 9.47 Å². The Morgan fingerprint density at radius 2 is 1.77 bits per heavy atom. The minimum atomic E-state index is -1.27. The number of ketones is 1. The third-order valence-electron chi connectivity index (χ3n) is 3.46. The Balaban J connectivity index is 2.32. The van der Waals surface area contributed by atoms with Gasteiger partial charge in [0.15, 0.2) is 5.78 Å². The maximum atomic E-state index is 12.4. The number of carbonyl (C=O) groups excluding carboxylic acids is 1. The van der Waals surface area contributed by atoms with E-state index in [0.717, 1.165) is 5.56 Å². The summed E-state index contributed by atoms with van der Waals surface area (Å²) in [6.45, 7) is 1.89. The first kappa shape index (κ1) is 16.4. The highest BCUT2D eigenvalue weighted by molar-refractivity contribution is 7.80. The third-order valence-corrected chi connectivity index (χ3v) is 3.83. The molecule has 0 aliphatic carbocycles. The van der Waals surface area contributed by atoms with Crippen molar-refractivity contribution in [3.63, 3.8) is 0 Å². The molecule has 0 aromatic heterocycles. The van der Waals surface area contributed by atoms with Crippen LogP contribution in [0, 0.1) is 6.92 Å². The fourth-order valence-corrected chi connectivity index (χ4v) is 2.38. The van der Waals surface area contributed by atoms with Crippen LogP contribution in [0.3, 0.4) is 0 Å². The van der Waals surface area contributed by atoms with Gasteiger partial charge in [-0.3, -0.25) is 4.79 Å². The second kappa shape index (κ2) is 6.85. The summed E-state index contributed by atoms with van der Waals surface area (Å²) in [4.78, 5) is 13.1. The SMILES string of the molecule is COc1cc(C(=O)C(O)c2ccc(S)c(OC)c2)ccc1C. The molecular weight excluding hydrogens is 300 g/mol. The van der Waals surface area contributed by atoms with E-state index >= 15 is 0 Å². The van der Waals surface area contributed by atoms with Gasteiger partial charge in [-0.2, -0.15) is 0 Å². The molecule has 0 bridgehead atoms. The van der Waals surface area contributed by atoms with Gasteiger partial charge in [-0.15, -0.1) is 12.6 Å². The van der Waals surface area contributed by atoms with Crippen LogP contribution in [0.15, 0.2) is 41.3 Å². The fraction of sp³-hybridized carbons (Fsp3) is 0.235. The van der Waals surface area contributed by atoms with E-state index in [9.17, 15) is 9.90 Å². The molecule has 1 atom stereocenters. The molecule has 0 spiro atoms. The van der Waals surface area contributed by atoms with Crippen LogP contribution in [0.2, 0.25) is 0 Å². The zero-order valence-electron chi connectivity index (χ0n) is 12.7. The number of hydrogen-bond acceptors (Lipinski definition) is 5. The number of aliphatic hydroxyl groups excluding tert-OH is 1. The molecule has 0 aliphatic rings. The van der Waals surface area contributed by atoms with E-state index in [1.165, 1.54) is 7.11 Å². The first-order valence-corrected chi connectivity index (χ1v) is 7.16. The highest BCUT2D eigenvalue weighted by atomic mass is 32.1. The molecule has 0 aliphatic heterocycles. The van der Waals surface area contributed by atoms with Gasteiger partial charge < -0.3 is 14.6 Å². The molecular formula is C17H18O4S. The number of aryl methyl sites for hydroxylation is 1. The van der Waals surface area contributed by atoms with Gasteiger partial charge in [-0.25, -0.2) is 0 Å². The van der Waals surface area contributed by atoms with Crippen molar-refractivity contribution >= 4 is 18.4 Å². The quantitative estimate of drug-likeness (QED) is 0.656. The zero-order valence-corrected chi connectivity index (χ0v) is 13.6. The third kappa shape index (κ3) is 3.26. The normalized spacial score (nSPS) is 11.9. The average molecular weight is 318 g/mol. The Morgan fingerprint density at radius 3 is 2.41 bits per heavy atom. The summed E-state index contributed by atoms with van der Waals surface area (Å²) >= 11 is 4.24. The van der Waals surface area contributed by atoms with Crippen molar-refractivity contribution in [2.75, 3.05) is 14.2 Å². The molecule has 0 radical (unpaired) electrons. The number of Topliss-reactive ketones (excluding diaryl/α,β-unsaturated/α-hetero) is 1. The van der Waals surface area contributed by atoms with Crippen molar-refractivity contribution in [1.82, 2.24) is 0 Å². The van der Waals surface area contributed by atoms with Crippen molar-refractivity contribution in [3.05, 3.63) is 53.1 Å². The topological polar surface area (TPSA) is 55.8 Å². The monoisotopic (exact) mass is 318 g/mol. The van der Waals surface area contributed by atoms with Gasteiger partial charge in [0, 0.05) is 10.5 Å². The maximum absolute atomic E-state index is 12.4. The molecule has 0 amide bonds. The number of hydrogen-bond donors (Lipinski definition) is 2. The minimum Gasteiger partial charge on any atom is -0.496 e. The second-order valence-electron chi connectivity index (χ2n) is 4.88. The first-order valence-electron chi connectivity index (χ1n) is 6.71. The van der Waals surface area contributed by atoms with Crippen molar-refractivity contribution in [2.24, 2.45) is 0 Å². The lowest BCUT2D eigenvalue weighted by atomic mass is 9.98. The number of benzene rings is 2. The van der Waals surface area contributed by atoms with Crippen LogP contribution in [0.1, 0.15) is 27.6 Å². The molecule has 2 rings (SSSR count). The number of carbonyl (C=O) groups is 1. The molecule has 4 nitrogen and oxygen atoms in total. The predicted molar refractivity (Wildman–Crippen MR) is 87.3 cm³/mol. The van der Waals surface area contributed by atoms with Crippen molar-refractivity contribution in [3.8, 4) is 11.5 Å². The van der Waals surface area contributed by atoms with Crippen molar-refractivity contribution in [2.45, 2.75) is 17.9 Å². The number of rotatable bonds is 5. The van der Waals surface area contributed by atoms with Crippen LogP contribution in [0.25, 0.3) is 0 Å². The first-order chi connectivity index (χ1) is 10.5. The summed E-state index contributed by atoms with van der Waals surface area (Å²) < 4.78 is 10.4. The second-order valence-corrected chi connectivity index (χ2v) is 5.36. The van der Waals surface area contributed by atoms with Crippen molar-refractivity contribution in [1.29, 1.82) is 0 Å². The summed E-state index contributed by atoms with van der Waals surface area (Å²) in [5.41, 5.74) is 1.78. The van der Waals surface area contributed by atoms with E-state index in [2.05, 4.69) is 12.6 Å².